The maximum absolute atomic E-state index is 13.8. The molecule has 2 aromatic rings. The van der Waals surface area contributed by atoms with Gasteiger partial charge in [-0.3, -0.25) is 34.7 Å². The Morgan fingerprint density at radius 2 is 1.51 bits per heavy atom. The van der Waals surface area contributed by atoms with Crippen LogP contribution in [0.5, 0.6) is 0 Å². The summed E-state index contributed by atoms with van der Waals surface area (Å²) in [5.41, 5.74) is 0.658. The number of esters is 1. The highest BCUT2D eigenvalue weighted by molar-refractivity contribution is 8.03. The number of non-ortho nitro benzene ring substituents is 2. The third-order valence-electron chi connectivity index (χ3n) is 9.26. The second-order valence-corrected chi connectivity index (χ2v) is 16.4. The lowest BCUT2D eigenvalue weighted by atomic mass is 9.78. The molecule has 20 heteroatoms. The zero-order chi connectivity index (χ0) is 38.9. The van der Waals surface area contributed by atoms with Crippen LogP contribution in [0.25, 0.3) is 0 Å². The second kappa shape index (κ2) is 15.5. The van der Waals surface area contributed by atoms with E-state index in [0.717, 1.165) is 6.26 Å². The Labute approximate surface area is 308 Å². The molecule has 3 unspecified atom stereocenters. The molecule has 2 fully saturated rings. The summed E-state index contributed by atoms with van der Waals surface area (Å²) in [4.78, 5) is 79.4. The fraction of sp³-hybridized carbons (Fsp3) is 0.455. The van der Waals surface area contributed by atoms with Crippen molar-refractivity contribution in [3.63, 3.8) is 0 Å². The van der Waals surface area contributed by atoms with Gasteiger partial charge < -0.3 is 19.3 Å². The van der Waals surface area contributed by atoms with Crippen LogP contribution in [0.3, 0.4) is 0 Å². The number of fused-ring (bicyclic) bond motifs is 1. The van der Waals surface area contributed by atoms with Crippen LogP contribution in [0.2, 0.25) is 0 Å². The summed E-state index contributed by atoms with van der Waals surface area (Å²) in [6.07, 6.45) is 0.364. The minimum absolute atomic E-state index is 0.0306. The fourth-order valence-corrected chi connectivity index (χ4v) is 9.11. The van der Waals surface area contributed by atoms with Crippen molar-refractivity contribution in [2.24, 2.45) is 11.8 Å². The molecule has 0 spiro atoms. The number of amides is 3. The first-order chi connectivity index (χ1) is 24.9. The lowest BCUT2D eigenvalue weighted by molar-refractivity contribution is -0.385. The Bertz CT molecular complexity index is 1950. The van der Waals surface area contributed by atoms with Crippen molar-refractivity contribution < 1.29 is 46.9 Å². The Hall–Kier alpha value is -5.08. The Morgan fingerprint density at radius 3 is 2.00 bits per heavy atom. The molecule has 3 aliphatic rings. The van der Waals surface area contributed by atoms with E-state index in [1.165, 1.54) is 75.0 Å². The van der Waals surface area contributed by atoms with Crippen LogP contribution in [0.1, 0.15) is 31.4 Å². The van der Waals surface area contributed by atoms with Gasteiger partial charge in [0.25, 0.3) is 11.4 Å². The Morgan fingerprint density at radius 1 is 0.981 bits per heavy atom. The highest BCUT2D eigenvalue weighted by Gasteiger charge is 2.61. The molecule has 5 rings (SSSR count). The highest BCUT2D eigenvalue weighted by Crippen LogP contribution is 2.52. The number of nitro groups is 2. The summed E-state index contributed by atoms with van der Waals surface area (Å²) in [7, 11) is -0.578. The monoisotopic (exact) mass is 774 g/mol. The number of carbonyl (C=O) groups excluding carboxylic acids is 4. The van der Waals surface area contributed by atoms with Gasteiger partial charge >= 0.3 is 12.1 Å². The minimum atomic E-state index is -3.67. The molecule has 3 aliphatic heterocycles. The number of rotatable bonds is 13. The summed E-state index contributed by atoms with van der Waals surface area (Å²) in [5, 5.41) is 21.6. The molecule has 1 N–H and O–H groups in total. The largest absolute Gasteiger partial charge is 0.456 e. The van der Waals surface area contributed by atoms with E-state index in [1.807, 2.05) is 0 Å². The molecule has 2 aromatic carbocycles. The van der Waals surface area contributed by atoms with Crippen molar-refractivity contribution in [1.29, 1.82) is 0 Å². The summed E-state index contributed by atoms with van der Waals surface area (Å²) < 4.78 is 37.7. The van der Waals surface area contributed by atoms with Crippen LogP contribution >= 0.6 is 11.8 Å². The quantitative estimate of drug-likeness (QED) is 0.134. The summed E-state index contributed by atoms with van der Waals surface area (Å²) in [6.45, 7) is 2.94. The number of benzene rings is 2. The fourth-order valence-electron chi connectivity index (χ4n) is 6.77. The number of ether oxygens (including phenoxy) is 2. The summed E-state index contributed by atoms with van der Waals surface area (Å²) in [6, 6.07) is 8.58. The van der Waals surface area contributed by atoms with Gasteiger partial charge in [-0.25, -0.2) is 22.7 Å². The number of nitrogens with zero attached hydrogens (tertiary/aromatic N) is 5. The van der Waals surface area contributed by atoms with Crippen molar-refractivity contribution in [2.75, 3.05) is 26.9 Å². The average molecular weight is 775 g/mol. The van der Waals surface area contributed by atoms with Gasteiger partial charge in [0.2, 0.25) is 21.8 Å². The van der Waals surface area contributed by atoms with E-state index in [1.54, 1.807) is 27.9 Å². The second-order valence-electron chi connectivity index (χ2n) is 13.3. The van der Waals surface area contributed by atoms with Gasteiger partial charge in [-0.1, -0.05) is 6.92 Å². The molecule has 284 valence electrons. The number of likely N-dealkylation sites (N-methyl/N-ethyl adjacent to an activating group) is 1. The van der Waals surface area contributed by atoms with Crippen LogP contribution in [0.4, 0.5) is 16.2 Å². The smallest absolute Gasteiger partial charge is 0.410 e. The molecule has 18 nitrogen and oxygen atoms in total. The van der Waals surface area contributed by atoms with E-state index in [9.17, 15) is 47.8 Å². The van der Waals surface area contributed by atoms with Gasteiger partial charge in [0, 0.05) is 67.0 Å². The van der Waals surface area contributed by atoms with Crippen LogP contribution in [0, 0.1) is 32.1 Å². The van der Waals surface area contributed by atoms with Gasteiger partial charge in [-0.15, -0.1) is 11.8 Å². The number of sulfonamides is 1. The van der Waals surface area contributed by atoms with Crippen molar-refractivity contribution >= 4 is 57.0 Å². The van der Waals surface area contributed by atoms with Crippen molar-refractivity contribution in [1.82, 2.24) is 19.4 Å². The van der Waals surface area contributed by atoms with Crippen LogP contribution < -0.4 is 4.72 Å². The number of likely N-dealkylation sites (tertiary alicyclic amines) is 1. The van der Waals surface area contributed by atoms with E-state index >= 15 is 0 Å². The molecular weight excluding hydrogens is 737 g/mol. The third kappa shape index (κ3) is 8.44. The molecule has 3 heterocycles. The van der Waals surface area contributed by atoms with Gasteiger partial charge in [-0.2, -0.15) is 0 Å². The predicted molar refractivity (Wildman–Crippen MR) is 189 cm³/mol. The number of hydrogen-bond acceptors (Lipinski definition) is 13. The number of nitrogens with one attached hydrogen (secondary N) is 1. The van der Waals surface area contributed by atoms with E-state index in [-0.39, 0.29) is 49.2 Å². The number of nitro benzene ring substituents is 2. The molecular formula is C33H38N6O12S2. The molecule has 0 radical (unpaired) electrons. The van der Waals surface area contributed by atoms with Gasteiger partial charge in [0.05, 0.1) is 28.1 Å². The van der Waals surface area contributed by atoms with Gasteiger partial charge in [-0.05, 0) is 48.7 Å². The van der Waals surface area contributed by atoms with E-state index in [4.69, 9.17) is 9.47 Å². The molecule has 2 saturated heterocycles. The van der Waals surface area contributed by atoms with E-state index in [0.29, 0.717) is 16.0 Å². The van der Waals surface area contributed by atoms with E-state index < -0.39 is 73.1 Å². The average Bonchev–Trinajstić information content (AvgIpc) is 3.62. The number of carbonyl (C=O) groups is 4. The normalized spacial score (nSPS) is 22.9. The number of β-lactam (4-membered cyclic amide) rings is 1. The number of hydrogen-bond donors (Lipinski definition) is 1. The van der Waals surface area contributed by atoms with E-state index in [2.05, 4.69) is 4.72 Å². The topological polar surface area (TPSA) is 229 Å². The molecule has 53 heavy (non-hydrogen) atoms. The maximum atomic E-state index is 13.8. The third-order valence-corrected chi connectivity index (χ3v) is 11.6. The minimum Gasteiger partial charge on any atom is -0.456 e. The number of thioether (sulfide) groups is 1. The molecule has 0 aliphatic carbocycles. The zero-order valence-corrected chi connectivity index (χ0v) is 31.0. The van der Waals surface area contributed by atoms with Gasteiger partial charge in [0.15, 0.2) is 0 Å². The zero-order valence-electron chi connectivity index (χ0n) is 29.4. The first-order valence-electron chi connectivity index (χ1n) is 16.4. The molecule has 0 saturated carbocycles. The lowest BCUT2D eigenvalue weighted by Gasteiger charge is -2.47. The van der Waals surface area contributed by atoms with Crippen molar-refractivity contribution in [3.05, 3.63) is 90.5 Å². The molecule has 3 amide bonds. The summed E-state index contributed by atoms with van der Waals surface area (Å²) in [5.74, 6) is -2.95. The van der Waals surface area contributed by atoms with Crippen LogP contribution in [0.15, 0.2) is 59.1 Å². The van der Waals surface area contributed by atoms with Gasteiger partial charge in [0.1, 0.15) is 25.0 Å². The lowest BCUT2D eigenvalue weighted by Crippen LogP contribution is -2.66. The molecule has 6 atom stereocenters. The molecule has 0 bridgehead atoms. The predicted octanol–water partition coefficient (Wildman–Crippen LogP) is 2.77. The van der Waals surface area contributed by atoms with Crippen molar-refractivity contribution in [3.8, 4) is 0 Å². The first kappa shape index (κ1) is 39.1. The first-order valence-corrected chi connectivity index (χ1v) is 19.1. The molecule has 0 aromatic heterocycles. The summed E-state index contributed by atoms with van der Waals surface area (Å²) >= 11 is 1.22. The van der Waals surface area contributed by atoms with Crippen molar-refractivity contribution in [2.45, 2.75) is 56.9 Å². The Balaban J connectivity index is 1.38. The SMILES string of the molecule is CC1C(S[C@H]2C[C@@H](C(=O)N(C)C)N(C(=O)OCc3ccc([N+](=O)[O-])cc3)C2)=C(C(=O)OCc2ccc([N+](=O)[O-])cc2)N2C(=O)C([C@@H](C)NS(C)(=O)=O)C12. The van der Waals surface area contributed by atoms with Crippen LogP contribution in [-0.4, -0.2) is 107 Å². The standard InChI is InChI=1S/C33H38N6O12S2/c1-18-27-26(19(2)34-53(5,48)49)31(41)37(27)28(32(42)50-16-20-6-10-22(11-7-20)38(44)45)29(18)52-24-14-25(30(40)35(3)4)36(15-24)33(43)51-17-21-8-12-23(13-9-21)39(46)47/h6-13,18-19,24-27,34H,14-17H2,1-5H3/t18?,19-,24+,25+,26?,27?/m1/s1. The van der Waals surface area contributed by atoms with Crippen LogP contribution in [-0.2, 0) is 47.1 Å². The maximum Gasteiger partial charge on any atom is 0.410 e. The highest BCUT2D eigenvalue weighted by atomic mass is 32.2. The Kier molecular flexibility index (Phi) is 11.4.